The summed E-state index contributed by atoms with van der Waals surface area (Å²) >= 11 is 0. The second-order valence-corrected chi connectivity index (χ2v) is 14.0. The lowest BCUT2D eigenvalue weighted by molar-refractivity contribution is -0.146. The third-order valence-corrected chi connectivity index (χ3v) is 9.61. The number of hydrogen-bond acceptors (Lipinski definition) is 10. The molecule has 0 fully saturated rings. The predicted molar refractivity (Wildman–Crippen MR) is 212 cm³/mol. The molecule has 4 unspecified atom stereocenters. The van der Waals surface area contributed by atoms with E-state index in [-0.39, 0.29) is 50.2 Å². The lowest BCUT2D eigenvalue weighted by atomic mass is 10.0. The minimum atomic E-state index is -0.756. The van der Waals surface area contributed by atoms with Crippen LogP contribution >= 0.6 is 0 Å². The van der Waals surface area contributed by atoms with Crippen molar-refractivity contribution in [2.75, 3.05) is 36.9 Å². The van der Waals surface area contributed by atoms with Crippen LogP contribution in [0.3, 0.4) is 0 Å². The molecule has 0 saturated heterocycles. The number of fused-ring (bicyclic) bond motifs is 2. The fraction of sp³-hybridized carbons (Fsp3) is 0.318. The predicted octanol–water partition coefficient (Wildman–Crippen LogP) is 6.00. The van der Waals surface area contributed by atoms with Gasteiger partial charge in [0.2, 0.25) is 0 Å². The molecule has 12 heteroatoms. The van der Waals surface area contributed by atoms with Gasteiger partial charge in [-0.25, -0.2) is 9.59 Å². The maximum absolute atomic E-state index is 13.3. The second-order valence-electron chi connectivity index (χ2n) is 14.0. The van der Waals surface area contributed by atoms with Crippen LogP contribution in [0.5, 0.6) is 11.5 Å². The molecular weight excluding hydrogens is 713 g/mol. The third kappa shape index (κ3) is 11.8. The number of nitrogens with one attached hydrogen (secondary N) is 4. The number of anilines is 2. The molecule has 2 aliphatic heterocycles. The van der Waals surface area contributed by atoms with Crippen molar-refractivity contribution >= 4 is 35.1 Å². The van der Waals surface area contributed by atoms with Crippen molar-refractivity contribution in [1.29, 1.82) is 0 Å². The molecule has 6 rings (SSSR count). The lowest BCUT2D eigenvalue weighted by Gasteiger charge is -2.24. The van der Waals surface area contributed by atoms with Crippen molar-refractivity contribution in [3.8, 4) is 11.5 Å². The van der Waals surface area contributed by atoms with E-state index < -0.39 is 24.1 Å². The van der Waals surface area contributed by atoms with Crippen LogP contribution in [0.4, 0.5) is 11.4 Å². The molecule has 2 amide bonds. The van der Waals surface area contributed by atoms with E-state index in [1.165, 1.54) is 11.1 Å². The van der Waals surface area contributed by atoms with E-state index in [0.717, 1.165) is 37.8 Å². The van der Waals surface area contributed by atoms with Crippen molar-refractivity contribution in [2.24, 2.45) is 0 Å². The summed E-state index contributed by atoms with van der Waals surface area (Å²) in [5.41, 5.74) is 4.70. The first-order valence-corrected chi connectivity index (χ1v) is 19.0. The highest BCUT2D eigenvalue weighted by molar-refractivity contribution is 5.96. The first-order chi connectivity index (χ1) is 27.2. The van der Waals surface area contributed by atoms with E-state index in [2.05, 4.69) is 59.4 Å². The second kappa shape index (κ2) is 19.6. The largest absolute Gasteiger partial charge is 0.482 e. The molecule has 4 aromatic carbocycles. The normalized spacial score (nSPS) is 15.5. The summed E-state index contributed by atoms with van der Waals surface area (Å²) in [6, 6.07) is 31.1. The quantitative estimate of drug-likeness (QED) is 0.0703. The van der Waals surface area contributed by atoms with Crippen molar-refractivity contribution in [2.45, 2.75) is 63.8 Å². The van der Waals surface area contributed by atoms with Gasteiger partial charge < -0.3 is 40.2 Å². The number of aryl methyl sites for hydroxylation is 2. The van der Waals surface area contributed by atoms with Gasteiger partial charge in [-0.15, -0.1) is 0 Å². The molecule has 2 heterocycles. The van der Waals surface area contributed by atoms with Gasteiger partial charge in [-0.3, -0.25) is 9.59 Å². The number of ether oxygens (including phenoxy) is 4. The highest BCUT2D eigenvalue weighted by atomic mass is 16.6. The summed E-state index contributed by atoms with van der Waals surface area (Å²) < 4.78 is 22.8. The van der Waals surface area contributed by atoms with E-state index >= 15 is 0 Å². The maximum atomic E-state index is 13.3. The van der Waals surface area contributed by atoms with Gasteiger partial charge >= 0.3 is 11.9 Å². The Hall–Kier alpha value is -5.98. The summed E-state index contributed by atoms with van der Waals surface area (Å²) in [5.74, 6) is -1.01. The Kier molecular flexibility index (Phi) is 13.9. The molecule has 292 valence electrons. The van der Waals surface area contributed by atoms with Gasteiger partial charge in [0, 0.05) is 37.3 Å². The Bertz CT molecular complexity index is 1860. The molecule has 0 spiro atoms. The third-order valence-electron chi connectivity index (χ3n) is 9.61. The van der Waals surface area contributed by atoms with E-state index in [9.17, 15) is 19.2 Å². The Morgan fingerprint density at radius 2 is 1.05 bits per heavy atom. The molecule has 0 saturated carbocycles. The van der Waals surface area contributed by atoms with Crippen LogP contribution in [0.25, 0.3) is 0 Å². The van der Waals surface area contributed by atoms with Gasteiger partial charge in [-0.05, 0) is 86.1 Å². The smallest absolute Gasteiger partial charge is 0.331 e. The summed E-state index contributed by atoms with van der Waals surface area (Å²) in [4.78, 5) is 50.6. The van der Waals surface area contributed by atoms with Gasteiger partial charge in [0.15, 0.2) is 13.2 Å². The fourth-order valence-electron chi connectivity index (χ4n) is 6.43. The topological polar surface area (TPSA) is 153 Å². The minimum absolute atomic E-state index is 0.0756. The molecule has 56 heavy (non-hydrogen) atoms. The maximum Gasteiger partial charge on any atom is 0.331 e. The highest BCUT2D eigenvalue weighted by Crippen LogP contribution is 2.33. The lowest BCUT2D eigenvalue weighted by Crippen LogP contribution is -2.33. The number of rotatable bonds is 18. The van der Waals surface area contributed by atoms with Crippen molar-refractivity contribution in [3.63, 3.8) is 0 Å². The van der Waals surface area contributed by atoms with Crippen LogP contribution in [0.2, 0.25) is 0 Å². The molecular formula is C44H48N4O8. The number of amides is 2. The first kappa shape index (κ1) is 39.7. The van der Waals surface area contributed by atoms with E-state index in [1.54, 1.807) is 36.4 Å². The Morgan fingerprint density at radius 3 is 1.46 bits per heavy atom. The van der Waals surface area contributed by atoms with Crippen molar-refractivity contribution in [3.05, 3.63) is 131 Å². The van der Waals surface area contributed by atoms with Crippen LogP contribution in [0.1, 0.15) is 61.2 Å². The Morgan fingerprint density at radius 1 is 0.643 bits per heavy atom. The molecule has 4 atom stereocenters. The van der Waals surface area contributed by atoms with Gasteiger partial charge in [0.1, 0.15) is 23.7 Å². The van der Waals surface area contributed by atoms with Gasteiger partial charge in [0.25, 0.3) is 11.8 Å². The van der Waals surface area contributed by atoms with E-state index in [1.807, 2.05) is 36.4 Å². The zero-order valence-electron chi connectivity index (χ0n) is 31.6. The van der Waals surface area contributed by atoms with Crippen LogP contribution in [0, 0.1) is 0 Å². The van der Waals surface area contributed by atoms with Gasteiger partial charge in [-0.2, -0.15) is 0 Å². The molecule has 0 aliphatic carbocycles. The fourth-order valence-corrected chi connectivity index (χ4v) is 6.43. The average Bonchev–Trinajstić information content (AvgIpc) is 3.21. The van der Waals surface area contributed by atoms with Gasteiger partial charge in [0.05, 0.1) is 11.4 Å². The summed E-state index contributed by atoms with van der Waals surface area (Å²) in [6.07, 6.45) is 4.05. The number of carbonyl (C=O) groups is 4. The molecule has 12 nitrogen and oxygen atoms in total. The molecule has 4 N–H and O–H groups in total. The molecule has 4 aromatic rings. The minimum Gasteiger partial charge on any atom is -0.482 e. The molecule has 0 radical (unpaired) electrons. The molecule has 2 aliphatic rings. The summed E-state index contributed by atoms with van der Waals surface area (Å²) in [6.45, 7) is 4.54. The van der Waals surface area contributed by atoms with E-state index in [4.69, 9.17) is 18.9 Å². The van der Waals surface area contributed by atoms with Crippen molar-refractivity contribution < 1.29 is 38.1 Å². The van der Waals surface area contributed by atoms with Crippen LogP contribution in [0.15, 0.2) is 109 Å². The number of hydrogen-bond donors (Lipinski definition) is 4. The summed E-state index contributed by atoms with van der Waals surface area (Å²) in [5, 5.41) is 12.5. The van der Waals surface area contributed by atoms with E-state index in [0.29, 0.717) is 34.0 Å². The van der Waals surface area contributed by atoms with Crippen molar-refractivity contribution in [1.82, 2.24) is 10.6 Å². The highest BCUT2D eigenvalue weighted by Gasteiger charge is 2.24. The molecule has 0 bridgehead atoms. The zero-order valence-corrected chi connectivity index (χ0v) is 31.6. The van der Waals surface area contributed by atoms with Gasteiger partial charge in [-0.1, -0.05) is 72.8 Å². The summed E-state index contributed by atoms with van der Waals surface area (Å²) in [7, 11) is 0. The standard InChI is InChI=1S/C44H48N4O8/c1-29(13-15-31-9-5-3-6-10-31)45-25-39(33-17-19-37-35(23-33)47-41(49)27-53-37)55-43(51)21-22-44(52)56-40(26-46-30(2)14-16-32-11-7-4-8-12-32)34-18-20-38-36(24-34)48-42(50)28-54-38/h3-12,17-24,29-30,39-40,45-46H,13-16,25-28H2,1-2H3,(H,47,49)(H,48,50)/b22-21-. The Balaban J connectivity index is 1.11. The van der Waals surface area contributed by atoms with Crippen LogP contribution in [-0.4, -0.2) is 62.1 Å². The first-order valence-electron chi connectivity index (χ1n) is 19.0. The SMILES string of the molecule is CC(CCc1ccccc1)NCC(OC(=O)/C=C\C(=O)OC(CNC(C)CCc1ccccc1)c1ccc2c(c1)NC(=O)CO2)c1ccc2c(c1)NC(=O)CO2. The zero-order chi connectivity index (χ0) is 39.3. The molecule has 0 aromatic heterocycles. The van der Waals surface area contributed by atoms with Crippen LogP contribution in [-0.2, 0) is 41.5 Å². The van der Waals surface area contributed by atoms with Crippen LogP contribution < -0.4 is 30.7 Å². The Labute approximate surface area is 326 Å². The number of carbonyl (C=O) groups excluding carboxylic acids is 4. The number of benzene rings is 4. The monoisotopic (exact) mass is 760 g/mol. The average molecular weight is 761 g/mol. The number of esters is 2.